The highest BCUT2D eigenvalue weighted by Crippen LogP contribution is 2.15. The van der Waals surface area contributed by atoms with Crippen LogP contribution in [0.3, 0.4) is 0 Å². The molecule has 68 valence electrons. The smallest absolute Gasteiger partial charge is 0.181 e. The Balaban J connectivity index is 2.85. The van der Waals surface area contributed by atoms with Gasteiger partial charge in [0.1, 0.15) is 5.92 Å². The lowest BCUT2D eigenvalue weighted by Gasteiger charge is -2.09. The molecular weight excluding hydrogens is 164 g/mol. The first-order valence-electron chi connectivity index (χ1n) is 4.23. The molecule has 1 aromatic rings. The fraction of sp³-hybridized carbons (Fsp3) is 0.400. The zero-order valence-corrected chi connectivity index (χ0v) is 7.74. The number of nitrogens with one attached hydrogen (secondary N) is 1. The molecule has 1 N–H and O–H groups in total. The van der Waals surface area contributed by atoms with E-state index >= 15 is 0 Å². The number of hydrogen-bond donors (Lipinski definition) is 1. The molecule has 1 heterocycles. The van der Waals surface area contributed by atoms with Crippen molar-refractivity contribution < 1.29 is 4.79 Å². The van der Waals surface area contributed by atoms with Crippen molar-refractivity contribution in [1.82, 2.24) is 4.98 Å². The molecule has 0 spiro atoms. The van der Waals surface area contributed by atoms with Gasteiger partial charge < -0.3 is 4.98 Å². The number of aromatic amines is 1. The van der Waals surface area contributed by atoms with Gasteiger partial charge in [0.15, 0.2) is 5.78 Å². The lowest BCUT2D eigenvalue weighted by Crippen LogP contribution is -2.18. The molecule has 1 rings (SSSR count). The van der Waals surface area contributed by atoms with Gasteiger partial charge in [0.05, 0.1) is 6.07 Å². The van der Waals surface area contributed by atoms with E-state index in [4.69, 9.17) is 5.26 Å². The topological polar surface area (TPSA) is 56.6 Å². The van der Waals surface area contributed by atoms with Crippen molar-refractivity contribution >= 4 is 5.78 Å². The summed E-state index contributed by atoms with van der Waals surface area (Å²) in [5, 5.41) is 8.78. The average molecular weight is 176 g/mol. The van der Waals surface area contributed by atoms with Crippen LogP contribution in [0.2, 0.25) is 0 Å². The molecule has 0 saturated carbocycles. The first-order chi connectivity index (χ1) is 6.16. The predicted molar refractivity (Wildman–Crippen MR) is 49.1 cm³/mol. The molecule has 0 bridgehead atoms. The fourth-order valence-corrected chi connectivity index (χ4v) is 1.17. The summed E-state index contributed by atoms with van der Waals surface area (Å²) in [5.41, 5.74) is 0.584. The second kappa shape index (κ2) is 3.90. The maximum absolute atomic E-state index is 11.6. The highest BCUT2D eigenvalue weighted by Gasteiger charge is 2.22. The summed E-state index contributed by atoms with van der Waals surface area (Å²) in [7, 11) is 0. The molecule has 0 saturated heterocycles. The summed E-state index contributed by atoms with van der Waals surface area (Å²) >= 11 is 0. The number of carbonyl (C=O) groups excluding carboxylic acids is 1. The second-order valence-electron chi connectivity index (χ2n) is 3.31. The van der Waals surface area contributed by atoms with Crippen LogP contribution in [0.15, 0.2) is 18.5 Å². The normalized spacial score (nSPS) is 12.5. The van der Waals surface area contributed by atoms with Gasteiger partial charge in [-0.15, -0.1) is 0 Å². The van der Waals surface area contributed by atoms with E-state index in [0.717, 1.165) is 0 Å². The predicted octanol–water partition coefficient (Wildman–Crippen LogP) is 1.99. The molecule has 0 radical (unpaired) electrons. The average Bonchev–Trinajstić information content (AvgIpc) is 2.56. The van der Waals surface area contributed by atoms with Crippen LogP contribution in [0, 0.1) is 23.2 Å². The Kier molecular flexibility index (Phi) is 2.86. The highest BCUT2D eigenvalue weighted by molar-refractivity contribution is 5.99. The third-order valence-electron chi connectivity index (χ3n) is 1.97. The lowest BCUT2D eigenvalue weighted by atomic mass is 9.90. The fourth-order valence-electron chi connectivity index (χ4n) is 1.17. The van der Waals surface area contributed by atoms with Gasteiger partial charge in [0.2, 0.25) is 0 Å². The van der Waals surface area contributed by atoms with E-state index in [1.54, 1.807) is 18.5 Å². The van der Waals surface area contributed by atoms with Crippen molar-refractivity contribution in [3.05, 3.63) is 24.0 Å². The van der Waals surface area contributed by atoms with E-state index in [1.807, 2.05) is 19.9 Å². The zero-order valence-electron chi connectivity index (χ0n) is 7.74. The quantitative estimate of drug-likeness (QED) is 0.716. The minimum Gasteiger partial charge on any atom is -0.367 e. The standard InChI is InChI=1S/C10H12N2O/c1-7(2)9(5-11)10(13)8-3-4-12-6-8/h3-4,6-7,9,12H,1-2H3. The monoisotopic (exact) mass is 176 g/mol. The van der Waals surface area contributed by atoms with Gasteiger partial charge in [-0.1, -0.05) is 13.8 Å². The van der Waals surface area contributed by atoms with Crippen LogP contribution in [-0.2, 0) is 0 Å². The summed E-state index contributed by atoms with van der Waals surface area (Å²) in [5.74, 6) is -0.568. The maximum atomic E-state index is 11.6. The minimum atomic E-state index is -0.532. The van der Waals surface area contributed by atoms with E-state index in [0.29, 0.717) is 5.56 Å². The van der Waals surface area contributed by atoms with Gasteiger partial charge in [-0.25, -0.2) is 0 Å². The highest BCUT2D eigenvalue weighted by atomic mass is 16.1. The van der Waals surface area contributed by atoms with Crippen molar-refractivity contribution in [3.8, 4) is 6.07 Å². The Labute approximate surface area is 77.4 Å². The van der Waals surface area contributed by atoms with Crippen molar-refractivity contribution in [1.29, 1.82) is 5.26 Å². The Morgan fingerprint density at radius 1 is 1.62 bits per heavy atom. The number of carbonyl (C=O) groups is 1. The molecule has 1 unspecified atom stereocenters. The number of nitriles is 1. The van der Waals surface area contributed by atoms with Crippen LogP contribution >= 0.6 is 0 Å². The molecule has 0 aliphatic heterocycles. The molecule has 3 heteroatoms. The number of nitrogens with zero attached hydrogens (tertiary/aromatic N) is 1. The summed E-state index contributed by atoms with van der Waals surface area (Å²) in [6.07, 6.45) is 3.30. The molecular formula is C10H12N2O. The Bertz CT molecular complexity index is 319. The van der Waals surface area contributed by atoms with Crippen LogP contribution < -0.4 is 0 Å². The molecule has 0 aliphatic carbocycles. The number of hydrogen-bond acceptors (Lipinski definition) is 2. The molecule has 1 atom stereocenters. The number of ketones is 1. The van der Waals surface area contributed by atoms with E-state index in [9.17, 15) is 4.79 Å². The van der Waals surface area contributed by atoms with Gasteiger partial charge in [-0.3, -0.25) is 4.79 Å². The molecule has 13 heavy (non-hydrogen) atoms. The third-order valence-corrected chi connectivity index (χ3v) is 1.97. The summed E-state index contributed by atoms with van der Waals surface area (Å²) < 4.78 is 0. The van der Waals surface area contributed by atoms with E-state index in [1.165, 1.54) is 0 Å². The first-order valence-corrected chi connectivity index (χ1v) is 4.23. The molecule has 3 nitrogen and oxygen atoms in total. The zero-order chi connectivity index (χ0) is 9.84. The largest absolute Gasteiger partial charge is 0.367 e. The van der Waals surface area contributed by atoms with Crippen molar-refractivity contribution in [2.24, 2.45) is 11.8 Å². The molecule has 0 aliphatic rings. The molecule has 1 aromatic heterocycles. The Morgan fingerprint density at radius 2 is 2.31 bits per heavy atom. The van der Waals surface area contributed by atoms with Crippen LogP contribution in [-0.4, -0.2) is 10.8 Å². The molecule has 0 fully saturated rings. The second-order valence-corrected chi connectivity index (χ2v) is 3.31. The van der Waals surface area contributed by atoms with E-state index in [2.05, 4.69) is 4.98 Å². The van der Waals surface area contributed by atoms with E-state index < -0.39 is 5.92 Å². The lowest BCUT2D eigenvalue weighted by molar-refractivity contribution is 0.0924. The van der Waals surface area contributed by atoms with Crippen molar-refractivity contribution in [3.63, 3.8) is 0 Å². The van der Waals surface area contributed by atoms with Gasteiger partial charge in [-0.2, -0.15) is 5.26 Å². The van der Waals surface area contributed by atoms with Gasteiger partial charge in [-0.05, 0) is 12.0 Å². The third kappa shape index (κ3) is 1.97. The maximum Gasteiger partial charge on any atom is 0.181 e. The number of H-pyrrole nitrogens is 1. The Hall–Kier alpha value is -1.56. The number of rotatable bonds is 3. The summed E-state index contributed by atoms with van der Waals surface area (Å²) in [6.45, 7) is 3.75. The van der Waals surface area contributed by atoms with Crippen LogP contribution in [0.1, 0.15) is 24.2 Å². The summed E-state index contributed by atoms with van der Waals surface area (Å²) in [4.78, 5) is 14.4. The molecule has 0 amide bonds. The van der Waals surface area contributed by atoms with Gasteiger partial charge >= 0.3 is 0 Å². The number of aromatic nitrogens is 1. The minimum absolute atomic E-state index is 0.0624. The van der Waals surface area contributed by atoms with Crippen LogP contribution in [0.25, 0.3) is 0 Å². The first kappa shape index (κ1) is 9.53. The van der Waals surface area contributed by atoms with E-state index in [-0.39, 0.29) is 11.7 Å². The van der Waals surface area contributed by atoms with Crippen molar-refractivity contribution in [2.75, 3.05) is 0 Å². The van der Waals surface area contributed by atoms with Crippen LogP contribution in [0.4, 0.5) is 0 Å². The Morgan fingerprint density at radius 3 is 2.69 bits per heavy atom. The SMILES string of the molecule is CC(C)C(C#N)C(=O)c1cc[nH]c1. The number of Topliss-reactive ketones (excluding diaryl/α,β-unsaturated/α-hetero) is 1. The summed E-state index contributed by atoms with van der Waals surface area (Å²) in [6, 6.07) is 3.72. The van der Waals surface area contributed by atoms with Gasteiger partial charge in [0, 0.05) is 18.0 Å². The van der Waals surface area contributed by atoms with Gasteiger partial charge in [0.25, 0.3) is 0 Å². The van der Waals surface area contributed by atoms with Crippen molar-refractivity contribution in [2.45, 2.75) is 13.8 Å². The van der Waals surface area contributed by atoms with Crippen LogP contribution in [0.5, 0.6) is 0 Å². The molecule has 0 aromatic carbocycles.